The van der Waals surface area contributed by atoms with E-state index in [2.05, 4.69) is 35.2 Å². The zero-order chi connectivity index (χ0) is 18.6. The first-order valence-electron chi connectivity index (χ1n) is 10.1. The lowest BCUT2D eigenvalue weighted by Gasteiger charge is -2.25. The van der Waals surface area contributed by atoms with Crippen LogP contribution in [0.5, 0.6) is 0 Å². The lowest BCUT2D eigenvalue weighted by molar-refractivity contribution is 0.104. The number of hydrogen-bond acceptors (Lipinski definition) is 2. The van der Waals surface area contributed by atoms with E-state index in [0.717, 1.165) is 30.6 Å². The highest BCUT2D eigenvalue weighted by atomic mass is 16.1. The number of allylic oxidation sites excluding steroid dienone is 4. The maximum atomic E-state index is 12.7. The van der Waals surface area contributed by atoms with Gasteiger partial charge in [-0.1, -0.05) is 60.9 Å². The van der Waals surface area contributed by atoms with Crippen LogP contribution in [0, 0.1) is 6.92 Å². The summed E-state index contributed by atoms with van der Waals surface area (Å²) in [6.07, 6.45) is 9.97. The van der Waals surface area contributed by atoms with E-state index in [0.29, 0.717) is 0 Å². The van der Waals surface area contributed by atoms with Crippen LogP contribution in [0.2, 0.25) is 0 Å². The van der Waals surface area contributed by atoms with Crippen molar-refractivity contribution in [3.8, 4) is 0 Å². The third-order valence-electron chi connectivity index (χ3n) is 5.67. The molecule has 0 spiro atoms. The summed E-state index contributed by atoms with van der Waals surface area (Å²) in [7, 11) is 0. The van der Waals surface area contributed by atoms with E-state index in [1.165, 1.54) is 48.1 Å². The molecule has 0 saturated carbocycles. The van der Waals surface area contributed by atoms with Crippen LogP contribution in [0.4, 0.5) is 0 Å². The van der Waals surface area contributed by atoms with Gasteiger partial charge in [-0.3, -0.25) is 4.79 Å². The molecule has 0 aromatic heterocycles. The Kier molecular flexibility index (Phi) is 5.24. The second-order valence-electron chi connectivity index (χ2n) is 7.66. The molecule has 0 amide bonds. The van der Waals surface area contributed by atoms with Crippen molar-refractivity contribution in [3.05, 3.63) is 88.6 Å². The van der Waals surface area contributed by atoms with Crippen molar-refractivity contribution >= 4 is 11.4 Å². The zero-order valence-electron chi connectivity index (χ0n) is 16.1. The van der Waals surface area contributed by atoms with Crippen molar-refractivity contribution in [2.75, 3.05) is 13.1 Å². The van der Waals surface area contributed by atoms with Crippen LogP contribution in [0.25, 0.3) is 5.57 Å². The Bertz CT molecular complexity index is 898. The molecule has 1 heterocycles. The summed E-state index contributed by atoms with van der Waals surface area (Å²) in [5, 5.41) is 0. The Hall–Kier alpha value is -2.61. The fourth-order valence-corrected chi connectivity index (χ4v) is 4.23. The van der Waals surface area contributed by atoms with E-state index in [1.54, 1.807) is 6.08 Å². The molecule has 1 aliphatic carbocycles. The number of fused-ring (bicyclic) bond motifs is 1. The average Bonchev–Trinajstić information content (AvgIpc) is 2.85. The fourth-order valence-electron chi connectivity index (χ4n) is 4.23. The summed E-state index contributed by atoms with van der Waals surface area (Å²) < 4.78 is 0. The Labute approximate surface area is 162 Å². The summed E-state index contributed by atoms with van der Waals surface area (Å²) in [5.74, 6) is 0.0748. The highest BCUT2D eigenvalue weighted by molar-refractivity contribution is 6.06. The van der Waals surface area contributed by atoms with E-state index in [4.69, 9.17) is 0 Å². The number of hydrogen-bond donors (Lipinski definition) is 0. The molecule has 2 aromatic carbocycles. The molecule has 1 aliphatic heterocycles. The van der Waals surface area contributed by atoms with Gasteiger partial charge >= 0.3 is 0 Å². The number of nitrogens with zero attached hydrogens (tertiary/aromatic N) is 1. The number of carbonyl (C=O) groups excluding carboxylic acids is 1. The summed E-state index contributed by atoms with van der Waals surface area (Å²) >= 11 is 0. The lowest BCUT2D eigenvalue weighted by Crippen LogP contribution is -2.24. The van der Waals surface area contributed by atoms with Crippen molar-refractivity contribution in [3.63, 3.8) is 0 Å². The molecule has 27 heavy (non-hydrogen) atoms. The van der Waals surface area contributed by atoms with Gasteiger partial charge in [0, 0.05) is 36.3 Å². The van der Waals surface area contributed by atoms with E-state index < -0.39 is 0 Å². The minimum Gasteiger partial charge on any atom is -0.374 e. The first kappa shape index (κ1) is 17.8. The van der Waals surface area contributed by atoms with E-state index in [-0.39, 0.29) is 5.78 Å². The minimum absolute atomic E-state index is 0.0748. The molecule has 2 heteroatoms. The molecule has 0 radical (unpaired) electrons. The van der Waals surface area contributed by atoms with Gasteiger partial charge in [0.1, 0.15) is 0 Å². The predicted molar refractivity (Wildman–Crippen MR) is 112 cm³/mol. The zero-order valence-corrected chi connectivity index (χ0v) is 16.1. The molecule has 0 N–H and O–H groups in total. The van der Waals surface area contributed by atoms with Crippen LogP contribution < -0.4 is 0 Å². The van der Waals surface area contributed by atoms with E-state index in [1.807, 2.05) is 31.2 Å². The monoisotopic (exact) mass is 357 g/mol. The van der Waals surface area contributed by atoms with Gasteiger partial charge in [0.25, 0.3) is 0 Å². The molecule has 1 fully saturated rings. The lowest BCUT2D eigenvalue weighted by atomic mass is 10.0. The normalized spacial score (nSPS) is 17.3. The van der Waals surface area contributed by atoms with Crippen LogP contribution in [0.1, 0.15) is 52.7 Å². The van der Waals surface area contributed by atoms with E-state index >= 15 is 0 Å². The van der Waals surface area contributed by atoms with Crippen LogP contribution in [-0.2, 0) is 6.42 Å². The number of carbonyl (C=O) groups is 1. The Balaban J connectivity index is 1.66. The van der Waals surface area contributed by atoms with Gasteiger partial charge in [-0.15, -0.1) is 0 Å². The topological polar surface area (TPSA) is 20.3 Å². The van der Waals surface area contributed by atoms with Crippen molar-refractivity contribution in [2.24, 2.45) is 0 Å². The van der Waals surface area contributed by atoms with Crippen LogP contribution in [0.3, 0.4) is 0 Å². The number of likely N-dealkylation sites (tertiary alicyclic amines) is 1. The maximum absolute atomic E-state index is 12.7. The van der Waals surface area contributed by atoms with Gasteiger partial charge in [-0.2, -0.15) is 0 Å². The van der Waals surface area contributed by atoms with Crippen LogP contribution in [0.15, 0.2) is 66.4 Å². The number of aryl methyl sites for hydroxylation is 1. The number of ketones is 1. The standard InChI is InChI=1S/C25H27NO/c1-19-9-8-11-21(17-19)25(27)14-13-23-22-12-5-4-10-20(22)18-24(23)26-15-6-2-3-7-16-26/h4-5,8-14,17H,2-3,6-7,15-16,18H2,1H3/b14-13-. The number of benzene rings is 2. The highest BCUT2D eigenvalue weighted by Crippen LogP contribution is 2.36. The minimum atomic E-state index is 0.0748. The first-order chi connectivity index (χ1) is 13.2. The van der Waals surface area contributed by atoms with E-state index in [9.17, 15) is 4.79 Å². The fraction of sp³-hybridized carbons (Fsp3) is 0.320. The molecule has 4 rings (SSSR count). The summed E-state index contributed by atoms with van der Waals surface area (Å²) in [6, 6.07) is 16.4. The maximum Gasteiger partial charge on any atom is 0.185 e. The predicted octanol–water partition coefficient (Wildman–Crippen LogP) is 5.58. The second-order valence-corrected chi connectivity index (χ2v) is 7.66. The van der Waals surface area contributed by atoms with Crippen molar-refractivity contribution in [2.45, 2.75) is 39.0 Å². The van der Waals surface area contributed by atoms with Gasteiger partial charge in [-0.25, -0.2) is 0 Å². The summed E-state index contributed by atoms with van der Waals surface area (Å²) in [5.41, 5.74) is 7.16. The van der Waals surface area contributed by atoms with Crippen LogP contribution >= 0.6 is 0 Å². The molecular formula is C25H27NO. The summed E-state index contributed by atoms with van der Waals surface area (Å²) in [6.45, 7) is 4.28. The molecule has 0 unspecified atom stereocenters. The highest BCUT2D eigenvalue weighted by Gasteiger charge is 2.24. The van der Waals surface area contributed by atoms with Gasteiger partial charge < -0.3 is 4.90 Å². The van der Waals surface area contributed by atoms with Gasteiger partial charge in [0.05, 0.1) is 0 Å². The molecular weight excluding hydrogens is 330 g/mol. The Morgan fingerprint density at radius 1 is 0.963 bits per heavy atom. The molecule has 2 aliphatic rings. The summed E-state index contributed by atoms with van der Waals surface area (Å²) in [4.78, 5) is 15.2. The molecule has 2 aromatic rings. The SMILES string of the molecule is Cc1cccc(C(=O)/C=C\C2=C(N3CCCCCC3)Cc3ccccc32)c1. The quantitative estimate of drug-likeness (QED) is 0.526. The van der Waals surface area contributed by atoms with Gasteiger partial charge in [0.15, 0.2) is 5.78 Å². The van der Waals surface area contributed by atoms with Crippen molar-refractivity contribution in [1.29, 1.82) is 0 Å². The largest absolute Gasteiger partial charge is 0.374 e. The molecule has 0 bridgehead atoms. The average molecular weight is 357 g/mol. The Morgan fingerprint density at radius 2 is 1.74 bits per heavy atom. The molecule has 1 saturated heterocycles. The number of rotatable bonds is 4. The molecule has 0 atom stereocenters. The first-order valence-corrected chi connectivity index (χ1v) is 10.1. The smallest absolute Gasteiger partial charge is 0.185 e. The van der Waals surface area contributed by atoms with Crippen molar-refractivity contribution < 1.29 is 4.79 Å². The van der Waals surface area contributed by atoms with Gasteiger partial charge in [0.2, 0.25) is 0 Å². The third-order valence-corrected chi connectivity index (χ3v) is 5.67. The van der Waals surface area contributed by atoms with Gasteiger partial charge in [-0.05, 0) is 49.1 Å². The van der Waals surface area contributed by atoms with Crippen molar-refractivity contribution in [1.82, 2.24) is 4.90 Å². The Morgan fingerprint density at radius 3 is 2.52 bits per heavy atom. The molecule has 2 nitrogen and oxygen atoms in total. The third kappa shape index (κ3) is 3.90. The molecule has 138 valence electrons. The van der Waals surface area contributed by atoms with Crippen LogP contribution in [-0.4, -0.2) is 23.8 Å². The second kappa shape index (κ2) is 7.96.